The molecule has 1 heterocycles. The van der Waals surface area contributed by atoms with E-state index in [-0.39, 0.29) is 6.54 Å². The monoisotopic (exact) mass is 366 g/mol. The summed E-state index contributed by atoms with van der Waals surface area (Å²) in [6.45, 7) is 5.12. The Hall–Kier alpha value is -2.42. The summed E-state index contributed by atoms with van der Waals surface area (Å²) in [4.78, 5) is 16.5. The van der Waals surface area contributed by atoms with Crippen molar-refractivity contribution in [3.63, 3.8) is 0 Å². The number of nitrogens with one attached hydrogen (secondary N) is 1. The number of aryl methyl sites for hydroxylation is 2. The summed E-state index contributed by atoms with van der Waals surface area (Å²) < 4.78 is 30.3. The van der Waals surface area contributed by atoms with Gasteiger partial charge in [0.1, 0.15) is 12.6 Å². The molecule has 0 aliphatic carbocycles. The van der Waals surface area contributed by atoms with Crippen LogP contribution in [0.15, 0.2) is 28.8 Å². The molecule has 0 spiro atoms. The third-order valence-corrected chi connectivity index (χ3v) is 4.73. The fourth-order valence-corrected chi connectivity index (χ4v) is 3.13. The van der Waals surface area contributed by atoms with Crippen LogP contribution in [0.3, 0.4) is 0 Å². The Labute approximate surface area is 147 Å². The number of anilines is 1. The first-order chi connectivity index (χ1) is 11.7. The molecule has 0 radical (unpaired) electrons. The van der Waals surface area contributed by atoms with Crippen LogP contribution in [-0.4, -0.2) is 37.3 Å². The molecule has 0 unspecified atom stereocenters. The molecule has 0 fully saturated rings. The lowest BCUT2D eigenvalue weighted by molar-refractivity contribution is -0.120. The molecule has 0 saturated heterocycles. The number of carbonyl (C=O) groups excluding carboxylic acids is 1. The molecule has 25 heavy (non-hydrogen) atoms. The molecule has 2 rings (SSSR count). The smallest absolute Gasteiger partial charge is 0.249 e. The van der Waals surface area contributed by atoms with Gasteiger partial charge in [0, 0.05) is 0 Å². The Balaban J connectivity index is 2.15. The number of amides is 1. The largest absolute Gasteiger partial charge is 0.343 e. The third kappa shape index (κ3) is 5.02. The van der Waals surface area contributed by atoms with E-state index in [0.717, 1.165) is 16.1 Å². The summed E-state index contributed by atoms with van der Waals surface area (Å²) in [7, 11) is -3.61. The second-order valence-electron chi connectivity index (χ2n) is 5.81. The maximum Gasteiger partial charge on any atom is 0.249 e. The van der Waals surface area contributed by atoms with Crippen LogP contribution in [0.2, 0.25) is 0 Å². The van der Waals surface area contributed by atoms with Crippen molar-refractivity contribution in [3.8, 4) is 0 Å². The normalized spacial score (nSPS) is 12.6. The molecule has 0 saturated carbocycles. The summed E-state index contributed by atoms with van der Waals surface area (Å²) in [5, 5.41) is 6.44. The van der Waals surface area contributed by atoms with E-state index in [9.17, 15) is 13.2 Å². The number of hydrogen-bond donors (Lipinski definition) is 1. The second kappa shape index (κ2) is 7.64. The Morgan fingerprint density at radius 2 is 1.92 bits per heavy atom. The van der Waals surface area contributed by atoms with Gasteiger partial charge in [0.05, 0.1) is 11.9 Å². The van der Waals surface area contributed by atoms with E-state index in [1.807, 2.05) is 13.8 Å². The molecule has 0 aliphatic rings. The molecule has 136 valence electrons. The molecular weight excluding hydrogens is 344 g/mol. The van der Waals surface area contributed by atoms with Crippen LogP contribution in [0.4, 0.5) is 5.69 Å². The van der Waals surface area contributed by atoms with E-state index in [0.29, 0.717) is 23.8 Å². The van der Waals surface area contributed by atoms with Gasteiger partial charge >= 0.3 is 0 Å². The predicted octanol–water partition coefficient (Wildman–Crippen LogP) is 1.72. The van der Waals surface area contributed by atoms with Crippen molar-refractivity contribution in [2.45, 2.75) is 33.2 Å². The van der Waals surface area contributed by atoms with Crippen LogP contribution in [0.25, 0.3) is 0 Å². The van der Waals surface area contributed by atoms with Gasteiger partial charge in [-0.05, 0) is 32.4 Å². The Morgan fingerprint density at radius 3 is 2.40 bits per heavy atom. The minimum atomic E-state index is -3.61. The molecule has 1 atom stereocenters. The number of hydrogen-bond acceptors (Lipinski definition) is 6. The molecule has 2 aromatic rings. The first-order valence-electron chi connectivity index (χ1n) is 7.84. The fraction of sp³-hybridized carbons (Fsp3) is 0.438. The van der Waals surface area contributed by atoms with Crippen LogP contribution >= 0.6 is 0 Å². The summed E-state index contributed by atoms with van der Waals surface area (Å²) in [6.07, 6.45) is 1.61. The van der Waals surface area contributed by atoms with Gasteiger partial charge in [-0.25, -0.2) is 8.42 Å². The van der Waals surface area contributed by atoms with Crippen molar-refractivity contribution < 1.29 is 17.7 Å². The third-order valence-electron chi connectivity index (χ3n) is 3.59. The highest BCUT2D eigenvalue weighted by molar-refractivity contribution is 7.92. The molecule has 1 aromatic heterocycles. The van der Waals surface area contributed by atoms with E-state index in [4.69, 9.17) is 4.52 Å². The number of sulfonamides is 1. The van der Waals surface area contributed by atoms with Gasteiger partial charge in [-0.3, -0.25) is 9.10 Å². The van der Waals surface area contributed by atoms with E-state index < -0.39 is 22.0 Å². The standard InChI is InChI=1S/C16H22N4O4S/c1-5-14(16-17-12(3)19-24-16)18-15(21)10-20(25(4,22)23)13-8-6-11(2)7-9-13/h6-9,14H,5,10H2,1-4H3,(H,18,21)/t14-/m1/s1. The van der Waals surface area contributed by atoms with Crippen molar-refractivity contribution >= 4 is 21.6 Å². The van der Waals surface area contributed by atoms with Crippen LogP contribution in [0, 0.1) is 13.8 Å². The highest BCUT2D eigenvalue weighted by Crippen LogP contribution is 2.19. The van der Waals surface area contributed by atoms with Crippen LogP contribution in [0.1, 0.15) is 36.7 Å². The Kier molecular flexibility index (Phi) is 5.78. The zero-order chi connectivity index (χ0) is 18.6. The van der Waals surface area contributed by atoms with Gasteiger partial charge in [-0.2, -0.15) is 4.98 Å². The van der Waals surface area contributed by atoms with E-state index in [1.165, 1.54) is 0 Å². The minimum absolute atomic E-state index is 0.301. The van der Waals surface area contributed by atoms with Gasteiger partial charge in [0.15, 0.2) is 5.82 Å². The van der Waals surface area contributed by atoms with Crippen molar-refractivity contribution in [2.75, 3.05) is 17.1 Å². The molecule has 8 nitrogen and oxygen atoms in total. The molecule has 1 N–H and O–H groups in total. The SMILES string of the molecule is CC[C@@H](NC(=O)CN(c1ccc(C)cc1)S(C)(=O)=O)c1nc(C)no1. The van der Waals surface area contributed by atoms with E-state index >= 15 is 0 Å². The number of carbonyl (C=O) groups is 1. The number of aromatic nitrogens is 2. The topological polar surface area (TPSA) is 105 Å². The Morgan fingerprint density at radius 1 is 1.28 bits per heavy atom. The number of nitrogens with zero attached hydrogens (tertiary/aromatic N) is 3. The van der Waals surface area contributed by atoms with Crippen molar-refractivity contribution in [1.29, 1.82) is 0 Å². The average Bonchev–Trinajstić information content (AvgIpc) is 2.96. The number of rotatable bonds is 7. The summed E-state index contributed by atoms with van der Waals surface area (Å²) in [5.74, 6) is 0.323. The quantitative estimate of drug-likeness (QED) is 0.800. The molecule has 1 amide bonds. The lowest BCUT2D eigenvalue weighted by Gasteiger charge is -2.23. The summed E-state index contributed by atoms with van der Waals surface area (Å²) in [5.41, 5.74) is 1.43. The van der Waals surface area contributed by atoms with Crippen LogP contribution in [-0.2, 0) is 14.8 Å². The van der Waals surface area contributed by atoms with Crippen molar-refractivity contribution in [1.82, 2.24) is 15.5 Å². The first-order valence-corrected chi connectivity index (χ1v) is 9.69. The minimum Gasteiger partial charge on any atom is -0.343 e. The fourth-order valence-electron chi connectivity index (χ4n) is 2.27. The maximum atomic E-state index is 12.4. The van der Waals surface area contributed by atoms with Crippen LogP contribution < -0.4 is 9.62 Å². The zero-order valence-electron chi connectivity index (χ0n) is 14.7. The average molecular weight is 366 g/mol. The summed E-state index contributed by atoms with van der Waals surface area (Å²) in [6, 6.07) is 6.46. The molecule has 1 aromatic carbocycles. The zero-order valence-corrected chi connectivity index (χ0v) is 15.5. The highest BCUT2D eigenvalue weighted by atomic mass is 32.2. The molecule has 9 heteroatoms. The van der Waals surface area contributed by atoms with Gasteiger partial charge in [0.2, 0.25) is 21.8 Å². The second-order valence-corrected chi connectivity index (χ2v) is 7.72. The van der Waals surface area contributed by atoms with Gasteiger partial charge in [-0.1, -0.05) is 29.8 Å². The maximum absolute atomic E-state index is 12.4. The predicted molar refractivity (Wildman–Crippen MR) is 93.6 cm³/mol. The lowest BCUT2D eigenvalue weighted by atomic mass is 10.2. The van der Waals surface area contributed by atoms with Gasteiger partial charge < -0.3 is 9.84 Å². The lowest BCUT2D eigenvalue weighted by Crippen LogP contribution is -2.41. The first kappa shape index (κ1) is 18.9. The van der Waals surface area contributed by atoms with E-state index in [1.54, 1.807) is 31.2 Å². The van der Waals surface area contributed by atoms with Crippen molar-refractivity contribution in [2.24, 2.45) is 0 Å². The van der Waals surface area contributed by atoms with Gasteiger partial charge in [-0.15, -0.1) is 0 Å². The molecule has 0 aliphatic heterocycles. The van der Waals surface area contributed by atoms with Crippen LogP contribution in [0.5, 0.6) is 0 Å². The highest BCUT2D eigenvalue weighted by Gasteiger charge is 2.24. The summed E-state index contributed by atoms with van der Waals surface area (Å²) >= 11 is 0. The molecule has 0 bridgehead atoms. The number of benzene rings is 1. The Bertz CT molecular complexity index is 830. The molecular formula is C16H22N4O4S. The van der Waals surface area contributed by atoms with Crippen molar-refractivity contribution in [3.05, 3.63) is 41.5 Å². The van der Waals surface area contributed by atoms with Gasteiger partial charge in [0.25, 0.3) is 0 Å². The van der Waals surface area contributed by atoms with E-state index in [2.05, 4.69) is 15.5 Å².